The third kappa shape index (κ3) is 3.88. The number of alkyl halides is 2. The molecule has 26 heavy (non-hydrogen) atoms. The smallest absolute Gasteiger partial charge is 0.355 e. The van der Waals surface area contributed by atoms with E-state index in [9.17, 15) is 22.8 Å². The Kier molecular flexibility index (Phi) is 6.35. The normalized spacial score (nSPS) is 11.2. The lowest BCUT2D eigenvalue weighted by Gasteiger charge is -2.11. The minimum Gasteiger partial charge on any atom is -0.425 e. The molecule has 0 unspecified atom stereocenters. The van der Waals surface area contributed by atoms with Gasteiger partial charge in [-0.15, -0.1) is 5.10 Å². The van der Waals surface area contributed by atoms with Crippen molar-refractivity contribution in [3.63, 3.8) is 0 Å². The van der Waals surface area contributed by atoms with Crippen LogP contribution in [0.4, 0.5) is 13.2 Å². The SMILES string of the molecule is CCCCC(=O)Oc1cc(-n2nc(C)n(C(F)F)c2=O)c(F)c(Cl)c1Cl. The molecule has 142 valence electrons. The Balaban J connectivity index is 2.56. The monoisotopic (exact) mass is 411 g/mol. The Morgan fingerprint density at radius 1 is 1.35 bits per heavy atom. The van der Waals surface area contributed by atoms with E-state index in [0.717, 1.165) is 19.4 Å². The van der Waals surface area contributed by atoms with Gasteiger partial charge in [0.2, 0.25) is 0 Å². The molecule has 1 aromatic carbocycles. The second-order valence-electron chi connectivity index (χ2n) is 5.30. The van der Waals surface area contributed by atoms with Crippen LogP contribution in [0.25, 0.3) is 5.69 Å². The van der Waals surface area contributed by atoms with Gasteiger partial charge in [0, 0.05) is 12.5 Å². The highest BCUT2D eigenvalue weighted by Gasteiger charge is 2.24. The van der Waals surface area contributed by atoms with Gasteiger partial charge in [0.15, 0.2) is 11.6 Å². The highest BCUT2D eigenvalue weighted by atomic mass is 35.5. The molecule has 0 N–H and O–H groups in total. The molecule has 0 atom stereocenters. The average molecular weight is 412 g/mol. The number of benzene rings is 1. The lowest BCUT2D eigenvalue weighted by atomic mass is 10.2. The first-order chi connectivity index (χ1) is 12.2. The maximum atomic E-state index is 14.4. The fraction of sp³-hybridized carbons (Fsp3) is 0.400. The minimum absolute atomic E-state index is 0.0783. The third-order valence-electron chi connectivity index (χ3n) is 3.46. The number of hydrogen-bond donors (Lipinski definition) is 0. The molecule has 0 amide bonds. The maximum Gasteiger partial charge on any atom is 0.355 e. The van der Waals surface area contributed by atoms with E-state index in [-0.39, 0.29) is 27.6 Å². The zero-order valence-electron chi connectivity index (χ0n) is 13.7. The van der Waals surface area contributed by atoms with E-state index in [0.29, 0.717) is 11.1 Å². The first-order valence-corrected chi connectivity index (χ1v) is 8.29. The summed E-state index contributed by atoms with van der Waals surface area (Å²) in [6.07, 6.45) is 1.41. The van der Waals surface area contributed by atoms with Crippen molar-refractivity contribution in [1.29, 1.82) is 0 Å². The number of unbranched alkanes of at least 4 members (excludes halogenated alkanes) is 1. The van der Waals surface area contributed by atoms with Gasteiger partial charge in [-0.2, -0.15) is 13.5 Å². The number of rotatable bonds is 6. The van der Waals surface area contributed by atoms with Crippen LogP contribution in [0.3, 0.4) is 0 Å². The van der Waals surface area contributed by atoms with E-state index in [1.165, 1.54) is 0 Å². The highest BCUT2D eigenvalue weighted by Crippen LogP contribution is 2.37. The second-order valence-corrected chi connectivity index (χ2v) is 6.06. The fourth-order valence-corrected chi connectivity index (χ4v) is 2.51. The molecule has 11 heteroatoms. The van der Waals surface area contributed by atoms with E-state index >= 15 is 0 Å². The molecule has 0 bridgehead atoms. The van der Waals surface area contributed by atoms with E-state index in [1.807, 2.05) is 6.92 Å². The summed E-state index contributed by atoms with van der Waals surface area (Å²) in [5, 5.41) is 2.60. The van der Waals surface area contributed by atoms with Crippen molar-refractivity contribution in [1.82, 2.24) is 14.3 Å². The molecule has 0 aliphatic rings. The molecule has 1 aromatic heterocycles. The van der Waals surface area contributed by atoms with Crippen molar-refractivity contribution >= 4 is 29.2 Å². The van der Waals surface area contributed by atoms with Crippen LogP contribution in [-0.4, -0.2) is 20.3 Å². The van der Waals surface area contributed by atoms with Crippen molar-refractivity contribution in [3.05, 3.63) is 38.2 Å². The number of carbonyl (C=O) groups is 1. The van der Waals surface area contributed by atoms with Crippen molar-refractivity contribution in [3.8, 4) is 11.4 Å². The Labute approximate surface area is 156 Å². The van der Waals surface area contributed by atoms with Crippen molar-refractivity contribution < 1.29 is 22.7 Å². The predicted octanol–water partition coefficient (Wildman–Crippen LogP) is 4.28. The quantitative estimate of drug-likeness (QED) is 0.404. The van der Waals surface area contributed by atoms with Crippen LogP contribution in [-0.2, 0) is 4.79 Å². The first kappa shape index (κ1) is 20.3. The van der Waals surface area contributed by atoms with Crippen LogP contribution >= 0.6 is 23.2 Å². The van der Waals surface area contributed by atoms with Crippen LogP contribution in [0, 0.1) is 12.7 Å². The topological polar surface area (TPSA) is 66.1 Å². The van der Waals surface area contributed by atoms with Gasteiger partial charge >= 0.3 is 18.2 Å². The molecule has 2 aromatic rings. The van der Waals surface area contributed by atoms with Crippen LogP contribution in [0.2, 0.25) is 10.0 Å². The lowest BCUT2D eigenvalue weighted by Crippen LogP contribution is -2.25. The average Bonchev–Trinajstić information content (AvgIpc) is 2.87. The summed E-state index contributed by atoms with van der Waals surface area (Å²) in [5.74, 6) is -2.43. The number of ether oxygens (including phenoxy) is 1. The van der Waals surface area contributed by atoms with Gasteiger partial charge in [-0.25, -0.2) is 13.8 Å². The number of halogens is 5. The van der Waals surface area contributed by atoms with Crippen LogP contribution < -0.4 is 10.4 Å². The molecule has 0 aliphatic carbocycles. The minimum atomic E-state index is -3.16. The number of nitrogens with zero attached hydrogens (tertiary/aromatic N) is 3. The van der Waals surface area contributed by atoms with Crippen LogP contribution in [0.15, 0.2) is 10.9 Å². The number of aromatic nitrogens is 3. The molecular weight excluding hydrogens is 398 g/mol. The molecule has 0 saturated carbocycles. The lowest BCUT2D eigenvalue weighted by molar-refractivity contribution is -0.134. The predicted molar refractivity (Wildman–Crippen MR) is 89.0 cm³/mol. The van der Waals surface area contributed by atoms with Crippen molar-refractivity contribution in [2.75, 3.05) is 0 Å². The van der Waals surface area contributed by atoms with Crippen molar-refractivity contribution in [2.45, 2.75) is 39.7 Å². The van der Waals surface area contributed by atoms with E-state index in [4.69, 9.17) is 27.9 Å². The molecule has 0 aliphatic heterocycles. The zero-order chi connectivity index (χ0) is 19.6. The standard InChI is InChI=1S/C15H14Cl2F3N3O3/c1-3-4-5-10(24)26-9-6-8(13(18)12(17)11(9)16)23-15(25)22(14(19)20)7(2)21-23/h6,14H,3-5H2,1-2H3. The molecule has 0 fully saturated rings. The van der Waals surface area contributed by atoms with E-state index in [2.05, 4.69) is 5.10 Å². The van der Waals surface area contributed by atoms with E-state index < -0.39 is 34.7 Å². The summed E-state index contributed by atoms with van der Waals surface area (Å²) in [5.41, 5.74) is -1.84. The third-order valence-corrected chi connectivity index (χ3v) is 4.28. The summed E-state index contributed by atoms with van der Waals surface area (Å²) >= 11 is 11.7. The number of carbonyl (C=O) groups excluding carboxylic acids is 1. The molecule has 0 saturated heterocycles. The van der Waals surface area contributed by atoms with Crippen molar-refractivity contribution in [2.24, 2.45) is 0 Å². The first-order valence-electron chi connectivity index (χ1n) is 7.53. The van der Waals surface area contributed by atoms with Gasteiger partial charge in [-0.3, -0.25) is 4.79 Å². The molecule has 0 spiro atoms. The Hall–Kier alpha value is -2.00. The highest BCUT2D eigenvalue weighted by molar-refractivity contribution is 6.43. The second kappa shape index (κ2) is 8.13. The Morgan fingerprint density at radius 2 is 2.00 bits per heavy atom. The summed E-state index contributed by atoms with van der Waals surface area (Å²) in [7, 11) is 0. The van der Waals surface area contributed by atoms with Crippen LogP contribution in [0.1, 0.15) is 38.6 Å². The number of hydrogen-bond acceptors (Lipinski definition) is 4. The fourth-order valence-electron chi connectivity index (χ4n) is 2.15. The largest absolute Gasteiger partial charge is 0.425 e. The molecule has 2 rings (SSSR count). The molecule has 0 radical (unpaired) electrons. The van der Waals surface area contributed by atoms with E-state index in [1.54, 1.807) is 0 Å². The van der Waals surface area contributed by atoms with Gasteiger partial charge in [-0.05, 0) is 13.3 Å². The summed E-state index contributed by atoms with van der Waals surface area (Å²) in [4.78, 5) is 23.9. The van der Waals surface area contributed by atoms with Crippen LogP contribution in [0.5, 0.6) is 5.75 Å². The molecule has 6 nitrogen and oxygen atoms in total. The molecule has 1 heterocycles. The molecular formula is C15H14Cl2F3N3O3. The maximum absolute atomic E-state index is 14.4. The van der Waals surface area contributed by atoms with Gasteiger partial charge in [0.1, 0.15) is 21.6 Å². The van der Waals surface area contributed by atoms with Gasteiger partial charge in [0.25, 0.3) is 0 Å². The summed E-state index contributed by atoms with van der Waals surface area (Å²) in [6, 6.07) is 0.914. The summed E-state index contributed by atoms with van der Waals surface area (Å²) in [6.45, 7) is -0.125. The summed E-state index contributed by atoms with van der Waals surface area (Å²) < 4.78 is 45.8. The number of aryl methyl sites for hydroxylation is 1. The van der Waals surface area contributed by atoms with Gasteiger partial charge in [-0.1, -0.05) is 36.5 Å². The Bertz CT molecular complexity index is 896. The Morgan fingerprint density at radius 3 is 2.54 bits per heavy atom. The number of esters is 1. The van der Waals surface area contributed by atoms with Gasteiger partial charge < -0.3 is 4.74 Å². The zero-order valence-corrected chi connectivity index (χ0v) is 15.2. The van der Waals surface area contributed by atoms with Gasteiger partial charge in [0.05, 0.1) is 0 Å².